The van der Waals surface area contributed by atoms with Crippen LogP contribution in [0.3, 0.4) is 0 Å². The number of unbranched alkanes of at least 4 members (excludes halogenated alkanes) is 1. The molecule has 1 aliphatic rings. The average Bonchev–Trinajstić information content (AvgIpc) is 2.64. The first-order chi connectivity index (χ1) is 11.6. The summed E-state index contributed by atoms with van der Waals surface area (Å²) in [5.41, 5.74) is 1.23. The second kappa shape index (κ2) is 8.86. The molecule has 0 saturated carbocycles. The first kappa shape index (κ1) is 18.5. The van der Waals surface area contributed by atoms with Crippen LogP contribution in [0.2, 0.25) is 0 Å². The lowest BCUT2D eigenvalue weighted by atomic mass is 9.98. The molecule has 0 N–H and O–H groups in total. The molecule has 0 aliphatic carbocycles. The number of rotatable bonds is 6. The molecule has 2 amide bonds. The Morgan fingerprint density at radius 1 is 1.21 bits per heavy atom. The Morgan fingerprint density at radius 2 is 1.96 bits per heavy atom. The Kier molecular flexibility index (Phi) is 6.83. The van der Waals surface area contributed by atoms with Gasteiger partial charge in [-0.15, -0.1) is 0 Å². The van der Waals surface area contributed by atoms with E-state index >= 15 is 0 Å². The van der Waals surface area contributed by atoms with Crippen molar-refractivity contribution in [3.63, 3.8) is 0 Å². The fourth-order valence-electron chi connectivity index (χ4n) is 3.36. The van der Waals surface area contributed by atoms with Crippen molar-refractivity contribution in [2.75, 3.05) is 20.1 Å². The number of amides is 2. The van der Waals surface area contributed by atoms with Crippen molar-refractivity contribution in [3.05, 3.63) is 35.4 Å². The third-order valence-corrected chi connectivity index (χ3v) is 4.91. The van der Waals surface area contributed by atoms with Gasteiger partial charge in [0.05, 0.1) is 0 Å². The molecule has 2 rings (SSSR count). The topological polar surface area (TPSA) is 40.6 Å². The van der Waals surface area contributed by atoms with Crippen LogP contribution in [0.4, 0.5) is 0 Å². The second-order valence-electron chi connectivity index (χ2n) is 6.72. The second-order valence-corrected chi connectivity index (χ2v) is 6.72. The Labute approximate surface area is 145 Å². The highest BCUT2D eigenvalue weighted by Crippen LogP contribution is 2.22. The van der Waals surface area contributed by atoms with Crippen LogP contribution in [0.25, 0.3) is 0 Å². The van der Waals surface area contributed by atoms with E-state index in [0.717, 1.165) is 45.2 Å². The molecule has 1 atom stereocenters. The van der Waals surface area contributed by atoms with Crippen molar-refractivity contribution >= 4 is 11.8 Å². The van der Waals surface area contributed by atoms with Gasteiger partial charge in [0.2, 0.25) is 0 Å². The average molecular weight is 330 g/mol. The number of hydrogen-bond donors (Lipinski definition) is 0. The molecule has 4 nitrogen and oxygen atoms in total. The molecule has 1 saturated heterocycles. The lowest BCUT2D eigenvalue weighted by Gasteiger charge is -2.35. The van der Waals surface area contributed by atoms with Crippen LogP contribution in [0.1, 0.15) is 73.1 Å². The van der Waals surface area contributed by atoms with Crippen molar-refractivity contribution in [2.45, 2.75) is 58.4 Å². The van der Waals surface area contributed by atoms with Gasteiger partial charge in [0.1, 0.15) is 0 Å². The summed E-state index contributed by atoms with van der Waals surface area (Å²) in [5.74, 6) is 0.0520. The zero-order chi connectivity index (χ0) is 17.5. The van der Waals surface area contributed by atoms with E-state index in [4.69, 9.17) is 0 Å². The van der Waals surface area contributed by atoms with Gasteiger partial charge in [-0.3, -0.25) is 9.59 Å². The van der Waals surface area contributed by atoms with Crippen molar-refractivity contribution in [3.8, 4) is 0 Å². The Bertz CT molecular complexity index is 571. The Balaban J connectivity index is 2.14. The van der Waals surface area contributed by atoms with Gasteiger partial charge in [0.15, 0.2) is 0 Å². The molecule has 1 aliphatic heterocycles. The van der Waals surface area contributed by atoms with E-state index in [2.05, 4.69) is 13.8 Å². The molecule has 132 valence electrons. The third kappa shape index (κ3) is 4.37. The normalized spacial score (nSPS) is 17.6. The van der Waals surface area contributed by atoms with E-state index in [1.165, 1.54) is 6.42 Å². The van der Waals surface area contributed by atoms with Crippen molar-refractivity contribution < 1.29 is 9.59 Å². The third-order valence-electron chi connectivity index (χ3n) is 4.91. The summed E-state index contributed by atoms with van der Waals surface area (Å²) < 4.78 is 0. The molecule has 1 fully saturated rings. The molecule has 0 radical (unpaired) electrons. The molecule has 24 heavy (non-hydrogen) atoms. The Morgan fingerprint density at radius 3 is 2.67 bits per heavy atom. The van der Waals surface area contributed by atoms with Crippen molar-refractivity contribution in [2.24, 2.45) is 0 Å². The maximum atomic E-state index is 12.9. The van der Waals surface area contributed by atoms with Crippen molar-refractivity contribution in [1.29, 1.82) is 0 Å². The van der Waals surface area contributed by atoms with Crippen LogP contribution in [-0.4, -0.2) is 47.8 Å². The van der Waals surface area contributed by atoms with Gasteiger partial charge in [0.25, 0.3) is 11.8 Å². The summed E-state index contributed by atoms with van der Waals surface area (Å²) in [6.45, 7) is 5.82. The number of likely N-dealkylation sites (tertiary alicyclic amines) is 1. The summed E-state index contributed by atoms with van der Waals surface area (Å²) in [6.07, 6.45) is 6.39. The van der Waals surface area contributed by atoms with Gasteiger partial charge in [-0.1, -0.05) is 26.3 Å². The molecule has 1 unspecified atom stereocenters. The minimum atomic E-state index is -0.0104. The van der Waals surface area contributed by atoms with E-state index in [1.807, 2.05) is 24.1 Å². The zero-order valence-corrected chi connectivity index (χ0v) is 15.3. The van der Waals surface area contributed by atoms with Gasteiger partial charge < -0.3 is 9.80 Å². The number of benzene rings is 1. The van der Waals surface area contributed by atoms with Gasteiger partial charge in [-0.05, 0) is 50.3 Å². The minimum Gasteiger partial charge on any atom is -0.342 e. The SMILES string of the molecule is CCCCN(C)C(=O)c1cccc(C(=O)N2CCCCC2CC)c1. The highest BCUT2D eigenvalue weighted by atomic mass is 16.2. The quantitative estimate of drug-likeness (QED) is 0.792. The van der Waals surface area contributed by atoms with Gasteiger partial charge in [-0.2, -0.15) is 0 Å². The standard InChI is InChI=1S/C20H30N2O2/c1-4-6-13-21(3)19(23)16-10-9-11-17(15-16)20(24)22-14-8-7-12-18(22)5-2/h9-11,15,18H,4-8,12-14H2,1-3H3. The number of carbonyl (C=O) groups is 2. The number of piperidine rings is 1. The molecule has 4 heteroatoms. The van der Waals surface area contributed by atoms with E-state index in [-0.39, 0.29) is 11.8 Å². The molecular formula is C20H30N2O2. The molecule has 1 heterocycles. The van der Waals surface area contributed by atoms with Crippen LogP contribution in [0, 0.1) is 0 Å². The van der Waals surface area contributed by atoms with E-state index in [0.29, 0.717) is 17.2 Å². The predicted molar refractivity (Wildman–Crippen MR) is 97.3 cm³/mol. The summed E-state index contributed by atoms with van der Waals surface area (Å²) in [7, 11) is 1.82. The molecule has 1 aromatic rings. The van der Waals surface area contributed by atoms with E-state index in [1.54, 1.807) is 17.0 Å². The zero-order valence-electron chi connectivity index (χ0n) is 15.3. The van der Waals surface area contributed by atoms with Crippen LogP contribution < -0.4 is 0 Å². The van der Waals surface area contributed by atoms with Crippen LogP contribution in [-0.2, 0) is 0 Å². The Hall–Kier alpha value is -1.84. The minimum absolute atomic E-state index is 0.0104. The van der Waals surface area contributed by atoms with Crippen LogP contribution in [0.15, 0.2) is 24.3 Å². The maximum Gasteiger partial charge on any atom is 0.254 e. The molecule has 0 spiro atoms. The highest BCUT2D eigenvalue weighted by molar-refractivity contribution is 5.99. The first-order valence-corrected chi connectivity index (χ1v) is 9.25. The number of carbonyl (C=O) groups excluding carboxylic acids is 2. The predicted octanol–water partition coefficient (Wildman–Crippen LogP) is 3.96. The summed E-state index contributed by atoms with van der Waals surface area (Å²) in [6, 6.07) is 7.53. The van der Waals surface area contributed by atoms with Crippen LogP contribution >= 0.6 is 0 Å². The molecule has 1 aromatic carbocycles. The smallest absolute Gasteiger partial charge is 0.254 e. The molecular weight excluding hydrogens is 300 g/mol. The summed E-state index contributed by atoms with van der Waals surface area (Å²) >= 11 is 0. The number of hydrogen-bond acceptors (Lipinski definition) is 2. The van der Waals surface area contributed by atoms with Gasteiger partial charge in [-0.25, -0.2) is 0 Å². The van der Waals surface area contributed by atoms with Crippen LogP contribution in [0.5, 0.6) is 0 Å². The van der Waals surface area contributed by atoms with E-state index in [9.17, 15) is 9.59 Å². The summed E-state index contributed by atoms with van der Waals surface area (Å²) in [5, 5.41) is 0. The fourth-order valence-corrected chi connectivity index (χ4v) is 3.36. The van der Waals surface area contributed by atoms with Crippen molar-refractivity contribution in [1.82, 2.24) is 9.80 Å². The molecule has 0 aromatic heterocycles. The lowest BCUT2D eigenvalue weighted by Crippen LogP contribution is -2.43. The largest absolute Gasteiger partial charge is 0.342 e. The highest BCUT2D eigenvalue weighted by Gasteiger charge is 2.26. The van der Waals surface area contributed by atoms with Gasteiger partial charge in [0, 0.05) is 37.3 Å². The fraction of sp³-hybridized carbons (Fsp3) is 0.600. The molecule has 0 bridgehead atoms. The number of nitrogens with zero attached hydrogens (tertiary/aromatic N) is 2. The lowest BCUT2D eigenvalue weighted by molar-refractivity contribution is 0.0608. The van der Waals surface area contributed by atoms with Gasteiger partial charge >= 0.3 is 0 Å². The maximum absolute atomic E-state index is 12.9. The monoisotopic (exact) mass is 330 g/mol. The van der Waals surface area contributed by atoms with E-state index < -0.39 is 0 Å². The first-order valence-electron chi connectivity index (χ1n) is 9.25. The summed E-state index contributed by atoms with van der Waals surface area (Å²) in [4.78, 5) is 29.1.